The summed E-state index contributed by atoms with van der Waals surface area (Å²) in [6, 6.07) is 4.22. The van der Waals surface area contributed by atoms with Gasteiger partial charge in [-0.15, -0.1) is 34.2 Å². The smallest absolute Gasteiger partial charge is 0.191 e. The van der Waals surface area contributed by atoms with E-state index in [2.05, 4.69) is 36.8 Å². The van der Waals surface area contributed by atoms with Gasteiger partial charge in [-0.05, 0) is 38.1 Å². The minimum atomic E-state index is 0. The molecule has 3 rings (SSSR count). The van der Waals surface area contributed by atoms with E-state index in [1.54, 1.807) is 19.6 Å². The van der Waals surface area contributed by atoms with Gasteiger partial charge in [0.15, 0.2) is 11.8 Å². The fourth-order valence-corrected chi connectivity index (χ4v) is 3.16. The van der Waals surface area contributed by atoms with Gasteiger partial charge in [0.2, 0.25) is 0 Å². The van der Waals surface area contributed by atoms with Crippen LogP contribution in [0, 0.1) is 0 Å². The zero-order valence-electron chi connectivity index (χ0n) is 15.4. The largest absolute Gasteiger partial charge is 0.468 e. The van der Waals surface area contributed by atoms with Gasteiger partial charge in [0.25, 0.3) is 0 Å². The highest BCUT2D eigenvalue weighted by Gasteiger charge is 2.24. The molecule has 0 bridgehead atoms. The molecule has 3 heterocycles. The van der Waals surface area contributed by atoms with Gasteiger partial charge >= 0.3 is 0 Å². The van der Waals surface area contributed by atoms with Crippen LogP contribution in [0.5, 0.6) is 0 Å². The number of hydrogen-bond donors (Lipinski definition) is 2. The summed E-state index contributed by atoms with van der Waals surface area (Å²) in [5.41, 5.74) is 0. The summed E-state index contributed by atoms with van der Waals surface area (Å²) in [6.07, 6.45) is 7.24. The second-order valence-electron chi connectivity index (χ2n) is 6.29. The average Bonchev–Trinajstić information content (AvgIpc) is 3.31. The maximum Gasteiger partial charge on any atom is 0.191 e. The fraction of sp³-hybridized carbons (Fsp3) is 0.588. The fourth-order valence-electron chi connectivity index (χ4n) is 3.16. The highest BCUT2D eigenvalue weighted by atomic mass is 127. The van der Waals surface area contributed by atoms with E-state index in [0.717, 1.165) is 37.2 Å². The van der Waals surface area contributed by atoms with Gasteiger partial charge in [-0.25, -0.2) is 0 Å². The number of furan rings is 1. The van der Waals surface area contributed by atoms with Crippen molar-refractivity contribution in [3.8, 4) is 0 Å². The molecule has 8 nitrogen and oxygen atoms in total. The summed E-state index contributed by atoms with van der Waals surface area (Å²) in [4.78, 5) is 6.79. The van der Waals surface area contributed by atoms with Crippen molar-refractivity contribution in [3.63, 3.8) is 0 Å². The number of aliphatic imine (C=N–C) groups is 1. The first-order valence-corrected chi connectivity index (χ1v) is 8.83. The normalized spacial score (nSPS) is 16.8. The molecule has 1 aliphatic heterocycles. The van der Waals surface area contributed by atoms with Crippen LogP contribution >= 0.6 is 24.0 Å². The molecule has 0 aliphatic carbocycles. The summed E-state index contributed by atoms with van der Waals surface area (Å²) < 4.78 is 7.57. The molecule has 0 amide bonds. The molecule has 0 aromatic carbocycles. The first-order chi connectivity index (χ1) is 12.3. The molecule has 0 spiro atoms. The Morgan fingerprint density at radius 3 is 2.73 bits per heavy atom. The molecule has 9 heteroatoms. The Morgan fingerprint density at radius 2 is 2.12 bits per heavy atom. The Balaban J connectivity index is 0.00000243. The summed E-state index contributed by atoms with van der Waals surface area (Å²) >= 11 is 0. The van der Waals surface area contributed by atoms with E-state index in [-0.39, 0.29) is 30.0 Å². The van der Waals surface area contributed by atoms with Gasteiger partial charge in [0.05, 0.1) is 18.8 Å². The van der Waals surface area contributed by atoms with Gasteiger partial charge in [0, 0.05) is 20.6 Å². The van der Waals surface area contributed by atoms with Gasteiger partial charge in [0.1, 0.15) is 12.1 Å². The summed E-state index contributed by atoms with van der Waals surface area (Å²) in [6.45, 7) is 3.54. The predicted molar refractivity (Wildman–Crippen MR) is 111 cm³/mol. The topological polar surface area (TPSA) is 83.5 Å². The number of piperidine rings is 1. The SMILES string of the molecule is CN=C(NCc1nncn1C)NCC(c1ccco1)N1CCCCC1.I. The van der Waals surface area contributed by atoms with Crippen LogP contribution in [0.2, 0.25) is 0 Å². The maximum atomic E-state index is 5.69. The van der Waals surface area contributed by atoms with E-state index < -0.39 is 0 Å². The quantitative estimate of drug-likeness (QED) is 0.379. The number of hydrogen-bond acceptors (Lipinski definition) is 5. The van der Waals surface area contributed by atoms with Crippen molar-refractivity contribution >= 4 is 29.9 Å². The van der Waals surface area contributed by atoms with Crippen molar-refractivity contribution in [2.24, 2.45) is 12.0 Å². The molecule has 1 unspecified atom stereocenters. The number of nitrogens with zero attached hydrogens (tertiary/aromatic N) is 5. The van der Waals surface area contributed by atoms with Crippen LogP contribution in [0.4, 0.5) is 0 Å². The highest BCUT2D eigenvalue weighted by molar-refractivity contribution is 14.0. The van der Waals surface area contributed by atoms with Crippen LogP contribution in [0.3, 0.4) is 0 Å². The van der Waals surface area contributed by atoms with E-state index >= 15 is 0 Å². The number of aromatic nitrogens is 3. The zero-order chi connectivity index (χ0) is 17.5. The molecule has 2 aromatic rings. The second kappa shape index (κ2) is 10.5. The molecule has 2 N–H and O–H groups in total. The van der Waals surface area contributed by atoms with Gasteiger partial charge in [-0.2, -0.15) is 0 Å². The Bertz CT molecular complexity index is 664. The Morgan fingerprint density at radius 1 is 1.31 bits per heavy atom. The minimum Gasteiger partial charge on any atom is -0.468 e. The summed E-state index contributed by atoms with van der Waals surface area (Å²) in [5, 5.41) is 14.7. The summed E-state index contributed by atoms with van der Waals surface area (Å²) in [7, 11) is 3.70. The number of rotatable bonds is 6. The van der Waals surface area contributed by atoms with Crippen molar-refractivity contribution in [2.45, 2.75) is 31.8 Å². The third-order valence-corrected chi connectivity index (χ3v) is 4.61. The van der Waals surface area contributed by atoms with Crippen molar-refractivity contribution in [1.29, 1.82) is 0 Å². The number of guanidine groups is 1. The van der Waals surface area contributed by atoms with E-state index in [1.807, 2.05) is 17.7 Å². The van der Waals surface area contributed by atoms with E-state index in [4.69, 9.17) is 4.42 Å². The third kappa shape index (κ3) is 5.44. The van der Waals surface area contributed by atoms with Crippen LogP contribution in [0.15, 0.2) is 34.1 Å². The summed E-state index contributed by atoms with van der Waals surface area (Å²) in [5.74, 6) is 2.61. The lowest BCUT2D eigenvalue weighted by Gasteiger charge is -2.33. The molecule has 0 saturated carbocycles. The van der Waals surface area contributed by atoms with Crippen molar-refractivity contribution < 1.29 is 4.42 Å². The number of aryl methyl sites for hydroxylation is 1. The molecule has 1 aliphatic rings. The van der Waals surface area contributed by atoms with Crippen LogP contribution in [-0.4, -0.2) is 52.3 Å². The van der Waals surface area contributed by atoms with Crippen LogP contribution in [0.1, 0.15) is 36.9 Å². The van der Waals surface area contributed by atoms with Gasteiger partial charge in [-0.1, -0.05) is 6.42 Å². The highest BCUT2D eigenvalue weighted by Crippen LogP contribution is 2.24. The number of halogens is 1. The van der Waals surface area contributed by atoms with Crippen LogP contribution in [0.25, 0.3) is 0 Å². The van der Waals surface area contributed by atoms with E-state index in [9.17, 15) is 0 Å². The molecule has 1 saturated heterocycles. The molecular weight excluding hydrogens is 445 g/mol. The molecular formula is C17H28IN7O. The molecule has 0 radical (unpaired) electrons. The first kappa shape index (κ1) is 20.7. The average molecular weight is 473 g/mol. The van der Waals surface area contributed by atoms with Crippen molar-refractivity contribution in [1.82, 2.24) is 30.3 Å². The van der Waals surface area contributed by atoms with Crippen molar-refractivity contribution in [3.05, 3.63) is 36.3 Å². The van der Waals surface area contributed by atoms with Crippen LogP contribution in [-0.2, 0) is 13.6 Å². The molecule has 2 aromatic heterocycles. The molecule has 1 fully saturated rings. The lowest BCUT2D eigenvalue weighted by atomic mass is 10.1. The molecule has 1 atom stereocenters. The monoisotopic (exact) mass is 473 g/mol. The van der Waals surface area contributed by atoms with E-state index in [0.29, 0.717) is 6.54 Å². The second-order valence-corrected chi connectivity index (χ2v) is 6.29. The zero-order valence-corrected chi connectivity index (χ0v) is 17.7. The Kier molecular flexibility index (Phi) is 8.36. The van der Waals surface area contributed by atoms with Crippen LogP contribution < -0.4 is 10.6 Å². The van der Waals surface area contributed by atoms with E-state index in [1.165, 1.54) is 19.3 Å². The number of nitrogens with one attached hydrogen (secondary N) is 2. The molecule has 144 valence electrons. The predicted octanol–water partition coefficient (Wildman–Crippen LogP) is 1.92. The molecule has 26 heavy (non-hydrogen) atoms. The number of likely N-dealkylation sites (tertiary alicyclic amines) is 1. The third-order valence-electron chi connectivity index (χ3n) is 4.61. The maximum absolute atomic E-state index is 5.69. The first-order valence-electron chi connectivity index (χ1n) is 8.83. The van der Waals surface area contributed by atoms with Gasteiger partial charge < -0.3 is 19.6 Å². The Labute approximate surface area is 171 Å². The lowest BCUT2D eigenvalue weighted by Crippen LogP contribution is -2.44. The van der Waals surface area contributed by atoms with Crippen molar-refractivity contribution in [2.75, 3.05) is 26.7 Å². The lowest BCUT2D eigenvalue weighted by molar-refractivity contribution is 0.146. The van der Waals surface area contributed by atoms with Gasteiger partial charge in [-0.3, -0.25) is 9.89 Å². The Hall–Kier alpha value is -1.62. The standard InChI is InChI=1S/C17H27N7O.HI/c1-18-17(20-12-16-22-21-13-23(16)2)19-11-14(15-7-6-10-25-15)24-8-4-3-5-9-24;/h6-7,10,13-14H,3-5,8-9,11-12H2,1-2H3,(H2,18,19,20);1H. The minimum absolute atomic E-state index is 0.